The second-order valence-corrected chi connectivity index (χ2v) is 6.75. The number of amides is 1. The molecule has 0 aliphatic rings. The van der Waals surface area contributed by atoms with Gasteiger partial charge in [-0.2, -0.15) is 0 Å². The Kier molecular flexibility index (Phi) is 5.05. The molecule has 2 heterocycles. The first-order chi connectivity index (χ1) is 11.2. The first kappa shape index (κ1) is 15.7. The molecule has 1 N–H and O–H groups in total. The van der Waals surface area contributed by atoms with Crippen LogP contribution in [-0.4, -0.2) is 21.6 Å². The van der Waals surface area contributed by atoms with Crippen molar-refractivity contribution in [2.75, 3.05) is 11.1 Å². The SMILES string of the molecule is Cc1ccccc1SCC(=O)Nc1nc(-c2ccncc2)cs1. The molecule has 0 unspecified atom stereocenters. The zero-order valence-electron chi connectivity index (χ0n) is 12.5. The van der Waals surface area contributed by atoms with E-state index in [-0.39, 0.29) is 5.91 Å². The zero-order chi connectivity index (χ0) is 16.1. The third-order valence-electron chi connectivity index (χ3n) is 3.18. The van der Waals surface area contributed by atoms with Gasteiger partial charge in [0, 0.05) is 28.2 Å². The van der Waals surface area contributed by atoms with Gasteiger partial charge in [0.15, 0.2) is 5.13 Å². The van der Waals surface area contributed by atoms with E-state index in [1.807, 2.05) is 48.7 Å². The summed E-state index contributed by atoms with van der Waals surface area (Å²) in [6.45, 7) is 2.04. The minimum atomic E-state index is -0.0473. The Hall–Kier alpha value is -2.18. The molecule has 116 valence electrons. The van der Waals surface area contributed by atoms with Crippen LogP contribution in [0.5, 0.6) is 0 Å². The molecule has 3 aromatic rings. The molecule has 0 fully saturated rings. The van der Waals surface area contributed by atoms with Gasteiger partial charge < -0.3 is 5.32 Å². The summed E-state index contributed by atoms with van der Waals surface area (Å²) in [5.41, 5.74) is 3.02. The second kappa shape index (κ2) is 7.39. The van der Waals surface area contributed by atoms with E-state index in [1.165, 1.54) is 28.7 Å². The van der Waals surface area contributed by atoms with Crippen LogP contribution in [0.15, 0.2) is 59.1 Å². The molecule has 23 heavy (non-hydrogen) atoms. The standard InChI is InChI=1S/C17H15N3OS2/c1-12-4-2-3-5-15(12)22-11-16(21)20-17-19-14(10-23-17)13-6-8-18-9-7-13/h2-10H,11H2,1H3,(H,19,20,21). The quantitative estimate of drug-likeness (QED) is 0.705. The van der Waals surface area contributed by atoms with Crippen LogP contribution < -0.4 is 5.32 Å². The van der Waals surface area contributed by atoms with Crippen molar-refractivity contribution in [1.29, 1.82) is 0 Å². The highest BCUT2D eigenvalue weighted by Gasteiger charge is 2.09. The lowest BCUT2D eigenvalue weighted by atomic mass is 10.2. The number of hydrogen-bond donors (Lipinski definition) is 1. The van der Waals surface area contributed by atoms with Crippen LogP contribution in [0.25, 0.3) is 11.3 Å². The normalized spacial score (nSPS) is 10.5. The maximum atomic E-state index is 12.1. The van der Waals surface area contributed by atoms with Gasteiger partial charge in [0.2, 0.25) is 5.91 Å². The highest BCUT2D eigenvalue weighted by molar-refractivity contribution is 8.00. The fourth-order valence-electron chi connectivity index (χ4n) is 2.00. The molecular weight excluding hydrogens is 326 g/mol. The number of nitrogens with zero attached hydrogens (tertiary/aromatic N) is 2. The summed E-state index contributed by atoms with van der Waals surface area (Å²) in [7, 11) is 0. The maximum Gasteiger partial charge on any atom is 0.236 e. The van der Waals surface area contributed by atoms with E-state index in [2.05, 4.69) is 15.3 Å². The van der Waals surface area contributed by atoms with Crippen molar-refractivity contribution in [2.24, 2.45) is 0 Å². The first-order valence-electron chi connectivity index (χ1n) is 7.06. The number of rotatable bonds is 5. The van der Waals surface area contributed by atoms with Gasteiger partial charge in [-0.05, 0) is 30.7 Å². The van der Waals surface area contributed by atoms with Gasteiger partial charge >= 0.3 is 0 Å². The summed E-state index contributed by atoms with van der Waals surface area (Å²) < 4.78 is 0. The summed E-state index contributed by atoms with van der Waals surface area (Å²) in [4.78, 5) is 21.6. The summed E-state index contributed by atoms with van der Waals surface area (Å²) in [6.07, 6.45) is 3.46. The Morgan fingerprint density at radius 3 is 2.78 bits per heavy atom. The third-order valence-corrected chi connectivity index (χ3v) is 5.11. The highest BCUT2D eigenvalue weighted by Crippen LogP contribution is 2.25. The molecule has 0 atom stereocenters. The number of hydrogen-bond acceptors (Lipinski definition) is 5. The second-order valence-electron chi connectivity index (χ2n) is 4.88. The largest absolute Gasteiger partial charge is 0.301 e. The van der Waals surface area contributed by atoms with E-state index in [4.69, 9.17) is 0 Å². The minimum absolute atomic E-state index is 0.0473. The molecule has 0 saturated heterocycles. The molecule has 0 bridgehead atoms. The van der Waals surface area contributed by atoms with Crippen molar-refractivity contribution in [3.8, 4) is 11.3 Å². The highest BCUT2D eigenvalue weighted by atomic mass is 32.2. The van der Waals surface area contributed by atoms with Crippen molar-refractivity contribution in [3.05, 3.63) is 59.7 Å². The van der Waals surface area contributed by atoms with Gasteiger partial charge in [0.05, 0.1) is 11.4 Å². The molecule has 0 spiro atoms. The van der Waals surface area contributed by atoms with Crippen LogP contribution in [0.2, 0.25) is 0 Å². The number of aromatic nitrogens is 2. The van der Waals surface area contributed by atoms with Gasteiger partial charge in [-0.15, -0.1) is 23.1 Å². The topological polar surface area (TPSA) is 54.9 Å². The number of benzene rings is 1. The number of aryl methyl sites for hydroxylation is 1. The molecule has 0 radical (unpaired) electrons. The molecule has 4 nitrogen and oxygen atoms in total. The van der Waals surface area contributed by atoms with Crippen LogP contribution in [0, 0.1) is 6.92 Å². The average Bonchev–Trinajstić information content (AvgIpc) is 3.03. The monoisotopic (exact) mass is 341 g/mol. The number of anilines is 1. The summed E-state index contributed by atoms with van der Waals surface area (Å²) >= 11 is 2.96. The predicted octanol–water partition coefficient (Wildman–Crippen LogP) is 4.24. The van der Waals surface area contributed by atoms with E-state index >= 15 is 0 Å². The first-order valence-corrected chi connectivity index (χ1v) is 8.93. The Morgan fingerprint density at radius 1 is 1.22 bits per heavy atom. The predicted molar refractivity (Wildman–Crippen MR) is 95.9 cm³/mol. The number of carbonyl (C=O) groups excluding carboxylic acids is 1. The van der Waals surface area contributed by atoms with Gasteiger partial charge in [-0.1, -0.05) is 18.2 Å². The van der Waals surface area contributed by atoms with Gasteiger partial charge in [0.25, 0.3) is 0 Å². The summed E-state index contributed by atoms with van der Waals surface area (Å²) in [5, 5.41) is 5.40. The van der Waals surface area contributed by atoms with Crippen LogP contribution in [0.3, 0.4) is 0 Å². The van der Waals surface area contributed by atoms with Crippen LogP contribution in [0.1, 0.15) is 5.56 Å². The lowest BCUT2D eigenvalue weighted by Gasteiger charge is -2.04. The Morgan fingerprint density at radius 2 is 2.00 bits per heavy atom. The average molecular weight is 341 g/mol. The molecule has 0 aliphatic heterocycles. The zero-order valence-corrected chi connectivity index (χ0v) is 14.2. The number of nitrogens with one attached hydrogen (secondary N) is 1. The lowest BCUT2D eigenvalue weighted by molar-refractivity contribution is -0.113. The number of thiazole rings is 1. The number of pyridine rings is 1. The molecule has 1 aromatic carbocycles. The Labute approximate surface area is 143 Å². The summed E-state index contributed by atoms with van der Waals surface area (Å²) in [6, 6.07) is 11.8. The van der Waals surface area contributed by atoms with E-state index < -0.39 is 0 Å². The number of carbonyl (C=O) groups is 1. The van der Waals surface area contributed by atoms with Crippen molar-refractivity contribution in [3.63, 3.8) is 0 Å². The molecular formula is C17H15N3OS2. The molecule has 0 saturated carbocycles. The van der Waals surface area contributed by atoms with Crippen LogP contribution in [-0.2, 0) is 4.79 Å². The molecule has 0 aliphatic carbocycles. The Bertz CT molecular complexity index is 802. The van der Waals surface area contributed by atoms with E-state index in [1.54, 1.807) is 12.4 Å². The smallest absolute Gasteiger partial charge is 0.236 e. The van der Waals surface area contributed by atoms with E-state index in [0.717, 1.165) is 16.2 Å². The van der Waals surface area contributed by atoms with Crippen molar-refractivity contribution in [1.82, 2.24) is 9.97 Å². The van der Waals surface area contributed by atoms with Crippen molar-refractivity contribution < 1.29 is 4.79 Å². The number of thioether (sulfide) groups is 1. The summed E-state index contributed by atoms with van der Waals surface area (Å²) in [5.74, 6) is 0.323. The van der Waals surface area contributed by atoms with Gasteiger partial charge in [-0.25, -0.2) is 4.98 Å². The molecule has 3 rings (SSSR count). The van der Waals surface area contributed by atoms with Crippen molar-refractivity contribution in [2.45, 2.75) is 11.8 Å². The molecule has 1 amide bonds. The lowest BCUT2D eigenvalue weighted by Crippen LogP contribution is -2.13. The van der Waals surface area contributed by atoms with Gasteiger partial charge in [-0.3, -0.25) is 9.78 Å². The fraction of sp³-hybridized carbons (Fsp3) is 0.118. The maximum absolute atomic E-state index is 12.1. The van der Waals surface area contributed by atoms with Crippen molar-refractivity contribution >= 4 is 34.1 Å². The molecule has 6 heteroatoms. The third kappa shape index (κ3) is 4.18. The molecule has 2 aromatic heterocycles. The fourth-order valence-corrected chi connectivity index (χ4v) is 3.57. The van der Waals surface area contributed by atoms with Crippen LogP contribution >= 0.6 is 23.1 Å². The minimum Gasteiger partial charge on any atom is -0.301 e. The van der Waals surface area contributed by atoms with E-state index in [0.29, 0.717) is 10.9 Å². The van der Waals surface area contributed by atoms with Gasteiger partial charge in [0.1, 0.15) is 0 Å². The Balaban J connectivity index is 1.58. The van der Waals surface area contributed by atoms with Crippen LogP contribution in [0.4, 0.5) is 5.13 Å². The van der Waals surface area contributed by atoms with E-state index in [9.17, 15) is 4.79 Å².